The van der Waals surface area contributed by atoms with Gasteiger partial charge >= 0.3 is 0 Å². The molecule has 2 aromatic heterocycles. The van der Waals surface area contributed by atoms with Gasteiger partial charge < -0.3 is 14.3 Å². The summed E-state index contributed by atoms with van der Waals surface area (Å²) in [7, 11) is 0. The number of fused-ring (bicyclic) bond motifs is 3. The molecule has 1 aromatic carbocycles. The summed E-state index contributed by atoms with van der Waals surface area (Å²) in [5.74, 6) is 1.57. The fourth-order valence-corrected chi connectivity index (χ4v) is 5.16. The van der Waals surface area contributed by atoms with E-state index in [0.29, 0.717) is 24.8 Å². The summed E-state index contributed by atoms with van der Waals surface area (Å²) in [6.45, 7) is 1.32. The van der Waals surface area contributed by atoms with Gasteiger partial charge in [-0.3, -0.25) is 9.59 Å². The van der Waals surface area contributed by atoms with Crippen molar-refractivity contribution in [3.05, 3.63) is 63.5 Å². The van der Waals surface area contributed by atoms with E-state index in [2.05, 4.69) is 4.98 Å². The average molecular weight is 389 g/mol. The number of aromatic amines is 1. The van der Waals surface area contributed by atoms with E-state index in [9.17, 15) is 9.59 Å². The topological polar surface area (TPSA) is 79.2 Å². The maximum Gasteiger partial charge on any atom is 0.289 e. The van der Waals surface area contributed by atoms with E-state index in [4.69, 9.17) is 9.40 Å². The number of likely N-dealkylation sites (tertiary alicyclic amines) is 1. The van der Waals surface area contributed by atoms with Gasteiger partial charge in [0.25, 0.3) is 11.5 Å². The molecule has 6 rings (SSSR count). The third kappa shape index (κ3) is 2.65. The Balaban J connectivity index is 1.34. The van der Waals surface area contributed by atoms with Crippen LogP contribution in [-0.4, -0.2) is 33.9 Å². The Labute approximate surface area is 167 Å². The molecule has 1 unspecified atom stereocenters. The van der Waals surface area contributed by atoms with E-state index >= 15 is 0 Å². The first-order valence-corrected chi connectivity index (χ1v) is 10.5. The lowest BCUT2D eigenvalue weighted by Gasteiger charge is -2.40. The van der Waals surface area contributed by atoms with E-state index in [-0.39, 0.29) is 16.9 Å². The minimum atomic E-state index is -0.201. The van der Waals surface area contributed by atoms with Gasteiger partial charge in [0.15, 0.2) is 5.76 Å². The molecule has 1 aliphatic heterocycles. The average Bonchev–Trinajstić information content (AvgIpc) is 3.41. The van der Waals surface area contributed by atoms with E-state index in [1.54, 1.807) is 0 Å². The highest BCUT2D eigenvalue weighted by Crippen LogP contribution is 2.45. The first-order chi connectivity index (χ1) is 14.1. The van der Waals surface area contributed by atoms with Crippen LogP contribution in [0.1, 0.15) is 65.7 Å². The predicted octanol–water partition coefficient (Wildman–Crippen LogP) is 3.51. The summed E-state index contributed by atoms with van der Waals surface area (Å²) >= 11 is 0. The van der Waals surface area contributed by atoms with Crippen LogP contribution in [0.3, 0.4) is 0 Å². The van der Waals surface area contributed by atoms with Crippen LogP contribution in [0.2, 0.25) is 0 Å². The van der Waals surface area contributed by atoms with Crippen molar-refractivity contribution in [3.63, 3.8) is 0 Å². The van der Waals surface area contributed by atoms with Crippen molar-refractivity contribution in [1.29, 1.82) is 0 Å². The van der Waals surface area contributed by atoms with Gasteiger partial charge in [-0.05, 0) is 50.7 Å². The first-order valence-electron chi connectivity index (χ1n) is 10.5. The van der Waals surface area contributed by atoms with Gasteiger partial charge in [0.2, 0.25) is 0 Å². The SMILES string of the molecule is O=C(c1cc2ccccc2o1)N1CCCC2(CCc3c2nc(C2CC2)[nH]c3=O)C1. The van der Waals surface area contributed by atoms with Crippen LogP contribution in [0.15, 0.2) is 39.5 Å². The number of carbonyl (C=O) groups excluding carboxylic acids is 1. The number of nitrogens with one attached hydrogen (secondary N) is 1. The Morgan fingerprint density at radius 3 is 2.93 bits per heavy atom. The van der Waals surface area contributed by atoms with Crippen LogP contribution in [0.25, 0.3) is 11.0 Å². The number of para-hydroxylation sites is 1. The summed E-state index contributed by atoms with van der Waals surface area (Å²) in [5.41, 5.74) is 2.33. The highest BCUT2D eigenvalue weighted by molar-refractivity contribution is 5.96. The zero-order valence-electron chi connectivity index (χ0n) is 16.2. The van der Waals surface area contributed by atoms with Gasteiger partial charge in [0.1, 0.15) is 11.4 Å². The molecule has 1 N–H and O–H groups in total. The van der Waals surface area contributed by atoms with Gasteiger partial charge in [-0.2, -0.15) is 0 Å². The minimum absolute atomic E-state index is 0.0227. The van der Waals surface area contributed by atoms with Crippen molar-refractivity contribution in [2.24, 2.45) is 0 Å². The van der Waals surface area contributed by atoms with Crippen molar-refractivity contribution in [2.75, 3.05) is 13.1 Å². The number of rotatable bonds is 2. The third-order valence-corrected chi connectivity index (χ3v) is 6.85. The van der Waals surface area contributed by atoms with E-state index in [1.807, 2.05) is 35.2 Å². The molecule has 29 heavy (non-hydrogen) atoms. The zero-order chi connectivity index (χ0) is 19.6. The lowest BCUT2D eigenvalue weighted by atomic mass is 9.77. The molecule has 6 nitrogen and oxygen atoms in total. The monoisotopic (exact) mass is 389 g/mol. The van der Waals surface area contributed by atoms with E-state index in [1.165, 1.54) is 0 Å². The molecule has 3 heterocycles. The number of hydrogen-bond donors (Lipinski definition) is 1. The Morgan fingerprint density at radius 1 is 1.24 bits per heavy atom. The molecule has 1 saturated heterocycles. The molecule has 2 fully saturated rings. The molecule has 1 amide bonds. The van der Waals surface area contributed by atoms with E-state index < -0.39 is 0 Å². The van der Waals surface area contributed by atoms with Crippen molar-refractivity contribution < 1.29 is 9.21 Å². The third-order valence-electron chi connectivity index (χ3n) is 6.85. The molecule has 1 saturated carbocycles. The maximum absolute atomic E-state index is 13.2. The van der Waals surface area contributed by atoms with Gasteiger partial charge in [0, 0.05) is 35.4 Å². The molecule has 1 spiro atoms. The predicted molar refractivity (Wildman–Crippen MR) is 108 cm³/mol. The van der Waals surface area contributed by atoms with Crippen molar-refractivity contribution >= 4 is 16.9 Å². The Bertz CT molecular complexity index is 1160. The Morgan fingerprint density at radius 2 is 2.10 bits per heavy atom. The van der Waals surface area contributed by atoms with Crippen molar-refractivity contribution in [1.82, 2.24) is 14.9 Å². The molecular formula is C23H23N3O3. The minimum Gasteiger partial charge on any atom is -0.451 e. The lowest BCUT2D eigenvalue weighted by Crippen LogP contribution is -2.48. The molecule has 1 atom stereocenters. The van der Waals surface area contributed by atoms with Crippen molar-refractivity contribution in [3.8, 4) is 0 Å². The lowest BCUT2D eigenvalue weighted by molar-refractivity contribution is 0.0604. The van der Waals surface area contributed by atoms with Crippen LogP contribution >= 0.6 is 0 Å². The fourth-order valence-electron chi connectivity index (χ4n) is 5.16. The number of H-pyrrole nitrogens is 1. The quantitative estimate of drug-likeness (QED) is 0.727. The molecule has 0 radical (unpaired) electrons. The molecule has 2 aliphatic carbocycles. The first kappa shape index (κ1) is 17.0. The summed E-state index contributed by atoms with van der Waals surface area (Å²) in [6, 6.07) is 9.52. The summed E-state index contributed by atoms with van der Waals surface area (Å²) in [5, 5.41) is 0.941. The van der Waals surface area contributed by atoms with Crippen LogP contribution in [0, 0.1) is 0 Å². The second-order valence-electron chi connectivity index (χ2n) is 8.81. The number of amides is 1. The van der Waals surface area contributed by atoms with Crippen LogP contribution in [0.5, 0.6) is 0 Å². The smallest absolute Gasteiger partial charge is 0.289 e. The van der Waals surface area contributed by atoms with Crippen LogP contribution in [-0.2, 0) is 11.8 Å². The Kier molecular flexibility index (Phi) is 3.55. The molecule has 6 heteroatoms. The zero-order valence-corrected chi connectivity index (χ0v) is 16.2. The largest absolute Gasteiger partial charge is 0.451 e. The van der Waals surface area contributed by atoms with Gasteiger partial charge in [-0.1, -0.05) is 18.2 Å². The van der Waals surface area contributed by atoms with E-state index in [0.717, 1.165) is 66.6 Å². The summed E-state index contributed by atoms with van der Waals surface area (Å²) < 4.78 is 5.82. The number of nitrogens with zero attached hydrogens (tertiary/aromatic N) is 2. The number of carbonyl (C=O) groups is 1. The summed E-state index contributed by atoms with van der Waals surface area (Å²) in [4.78, 5) is 35.7. The second kappa shape index (κ2) is 6.05. The Hall–Kier alpha value is -2.89. The van der Waals surface area contributed by atoms with Gasteiger partial charge in [-0.15, -0.1) is 0 Å². The number of furan rings is 1. The number of benzene rings is 1. The number of hydrogen-bond acceptors (Lipinski definition) is 4. The molecular weight excluding hydrogens is 366 g/mol. The number of piperidine rings is 1. The highest BCUT2D eigenvalue weighted by Gasteiger charge is 2.46. The molecule has 0 bridgehead atoms. The maximum atomic E-state index is 13.2. The van der Waals surface area contributed by atoms with Crippen LogP contribution in [0.4, 0.5) is 0 Å². The number of aromatic nitrogens is 2. The standard InChI is InChI=1S/C23H23N3O3/c27-21-16-8-10-23(19(16)24-20(25-21)14-6-7-14)9-3-11-26(13-23)22(28)18-12-15-4-1-2-5-17(15)29-18/h1-2,4-5,12,14H,3,6-11,13H2,(H,24,25,27). The molecule has 3 aliphatic rings. The highest BCUT2D eigenvalue weighted by atomic mass is 16.3. The van der Waals surface area contributed by atoms with Gasteiger partial charge in [0.05, 0.1) is 5.69 Å². The normalized spacial score (nSPS) is 23.7. The molecule has 148 valence electrons. The second-order valence-corrected chi connectivity index (χ2v) is 8.81. The van der Waals surface area contributed by atoms with Gasteiger partial charge in [-0.25, -0.2) is 4.98 Å². The summed E-state index contributed by atoms with van der Waals surface area (Å²) in [6.07, 6.45) is 5.73. The van der Waals surface area contributed by atoms with Crippen molar-refractivity contribution in [2.45, 2.75) is 49.9 Å². The molecule has 3 aromatic rings. The fraction of sp³-hybridized carbons (Fsp3) is 0.435. The van der Waals surface area contributed by atoms with Crippen LogP contribution < -0.4 is 5.56 Å².